The van der Waals surface area contributed by atoms with Gasteiger partial charge in [0.1, 0.15) is 0 Å². The summed E-state index contributed by atoms with van der Waals surface area (Å²) in [7, 11) is 4.43. The first-order valence-corrected chi connectivity index (χ1v) is 7.39. The Morgan fingerprint density at radius 2 is 1.94 bits per heavy atom. The molecule has 0 aromatic rings. The molecule has 18 heavy (non-hydrogen) atoms. The van der Waals surface area contributed by atoms with Gasteiger partial charge in [0.15, 0.2) is 0 Å². The van der Waals surface area contributed by atoms with Crippen molar-refractivity contribution < 1.29 is 0 Å². The number of piperidine rings is 1. The summed E-state index contributed by atoms with van der Waals surface area (Å²) in [6.07, 6.45) is 3.71. The number of nitrogens with two attached hydrogens (primary N) is 1. The van der Waals surface area contributed by atoms with Crippen LogP contribution < -0.4 is 5.73 Å². The van der Waals surface area contributed by atoms with Crippen LogP contribution in [0, 0.1) is 11.3 Å². The van der Waals surface area contributed by atoms with Gasteiger partial charge in [-0.1, -0.05) is 26.1 Å². The lowest BCUT2D eigenvalue weighted by Crippen LogP contribution is -2.38. The molecule has 1 heterocycles. The first-order valence-electron chi connectivity index (χ1n) is 6.98. The lowest BCUT2D eigenvalue weighted by molar-refractivity contribution is 0.171. The number of hydrogen-bond acceptors (Lipinski definition) is 3. The first kappa shape index (κ1) is 15.9. The molecule has 1 saturated heterocycles. The zero-order valence-corrected chi connectivity index (χ0v) is 13.2. The van der Waals surface area contributed by atoms with E-state index < -0.39 is 0 Å². The molecule has 0 unspecified atom stereocenters. The van der Waals surface area contributed by atoms with Crippen LogP contribution in [0.15, 0.2) is 0 Å². The van der Waals surface area contributed by atoms with Gasteiger partial charge in [-0.3, -0.25) is 0 Å². The van der Waals surface area contributed by atoms with Crippen molar-refractivity contribution >= 4 is 17.2 Å². The molecule has 106 valence electrons. The Balaban J connectivity index is 2.25. The van der Waals surface area contributed by atoms with Gasteiger partial charge in [0.2, 0.25) is 0 Å². The lowest BCUT2D eigenvalue weighted by atomic mass is 9.89. The third-order valence-electron chi connectivity index (χ3n) is 4.19. The maximum atomic E-state index is 5.76. The summed E-state index contributed by atoms with van der Waals surface area (Å²) in [5, 5.41) is 0. The van der Waals surface area contributed by atoms with E-state index in [1.807, 2.05) is 0 Å². The van der Waals surface area contributed by atoms with Crippen LogP contribution in [0.3, 0.4) is 0 Å². The standard InChI is InChI=1S/C14H29N3S/c1-14(2,13(15)18)7-10-17(4)11-12-5-8-16(3)9-6-12/h12H,5-11H2,1-4H3,(H2,15,18). The molecule has 2 N–H and O–H groups in total. The molecule has 1 fully saturated rings. The fraction of sp³-hybridized carbons (Fsp3) is 0.929. The Bertz CT molecular complexity index is 270. The summed E-state index contributed by atoms with van der Waals surface area (Å²) < 4.78 is 0. The third kappa shape index (κ3) is 5.21. The topological polar surface area (TPSA) is 32.5 Å². The van der Waals surface area contributed by atoms with Gasteiger partial charge >= 0.3 is 0 Å². The molecule has 0 spiro atoms. The van der Waals surface area contributed by atoms with E-state index in [0.29, 0.717) is 4.99 Å². The molecule has 4 heteroatoms. The maximum Gasteiger partial charge on any atom is 0.0784 e. The molecule has 0 bridgehead atoms. The van der Waals surface area contributed by atoms with Crippen molar-refractivity contribution in [1.82, 2.24) is 9.80 Å². The van der Waals surface area contributed by atoms with Crippen molar-refractivity contribution in [2.24, 2.45) is 17.1 Å². The molecule has 0 saturated carbocycles. The summed E-state index contributed by atoms with van der Waals surface area (Å²) in [5.41, 5.74) is 5.75. The van der Waals surface area contributed by atoms with E-state index >= 15 is 0 Å². The van der Waals surface area contributed by atoms with Gasteiger partial charge in [0.05, 0.1) is 4.99 Å². The number of likely N-dealkylation sites (tertiary alicyclic amines) is 1. The normalized spacial score (nSPS) is 19.4. The molecule has 0 amide bonds. The summed E-state index contributed by atoms with van der Waals surface area (Å²) in [4.78, 5) is 5.50. The Kier molecular flexibility index (Phi) is 6.02. The molecule has 0 aromatic heterocycles. The van der Waals surface area contributed by atoms with E-state index in [9.17, 15) is 0 Å². The van der Waals surface area contributed by atoms with E-state index in [1.165, 1.54) is 32.5 Å². The highest BCUT2D eigenvalue weighted by molar-refractivity contribution is 7.80. The van der Waals surface area contributed by atoms with Crippen LogP contribution in [0.1, 0.15) is 33.1 Å². The second-order valence-electron chi connectivity index (χ2n) is 6.51. The quantitative estimate of drug-likeness (QED) is 0.749. The number of rotatable bonds is 6. The Labute approximate surface area is 118 Å². The predicted molar refractivity (Wildman–Crippen MR) is 82.9 cm³/mol. The smallest absolute Gasteiger partial charge is 0.0784 e. The Morgan fingerprint density at radius 3 is 2.44 bits per heavy atom. The molecule has 1 rings (SSSR count). The third-order valence-corrected chi connectivity index (χ3v) is 4.75. The van der Waals surface area contributed by atoms with Crippen molar-refractivity contribution in [1.29, 1.82) is 0 Å². The van der Waals surface area contributed by atoms with Gasteiger partial charge < -0.3 is 15.5 Å². The van der Waals surface area contributed by atoms with Crippen LogP contribution in [-0.2, 0) is 0 Å². The van der Waals surface area contributed by atoms with E-state index in [1.54, 1.807) is 0 Å². The molecule has 1 aliphatic rings. The summed E-state index contributed by atoms with van der Waals surface area (Å²) in [6.45, 7) is 9.06. The summed E-state index contributed by atoms with van der Waals surface area (Å²) >= 11 is 5.11. The maximum absolute atomic E-state index is 5.76. The zero-order valence-electron chi connectivity index (χ0n) is 12.4. The van der Waals surface area contributed by atoms with Crippen molar-refractivity contribution in [2.75, 3.05) is 40.3 Å². The first-order chi connectivity index (χ1) is 8.31. The summed E-state index contributed by atoms with van der Waals surface area (Å²) in [5.74, 6) is 0.860. The van der Waals surface area contributed by atoms with Crippen LogP contribution in [0.25, 0.3) is 0 Å². The van der Waals surface area contributed by atoms with E-state index in [-0.39, 0.29) is 5.41 Å². The molecule has 3 nitrogen and oxygen atoms in total. The average molecular weight is 271 g/mol. The van der Waals surface area contributed by atoms with Gasteiger partial charge in [0, 0.05) is 12.0 Å². The van der Waals surface area contributed by atoms with Crippen molar-refractivity contribution in [3.8, 4) is 0 Å². The van der Waals surface area contributed by atoms with Gasteiger partial charge in [-0.15, -0.1) is 0 Å². The number of thiocarbonyl (C=S) groups is 1. The second-order valence-corrected chi connectivity index (χ2v) is 6.95. The van der Waals surface area contributed by atoms with Gasteiger partial charge in [0.25, 0.3) is 0 Å². The fourth-order valence-electron chi connectivity index (χ4n) is 2.37. The highest BCUT2D eigenvalue weighted by atomic mass is 32.1. The number of hydrogen-bond donors (Lipinski definition) is 1. The summed E-state index contributed by atoms with van der Waals surface area (Å²) in [6, 6.07) is 0. The van der Waals surface area contributed by atoms with E-state index in [0.717, 1.165) is 18.9 Å². The minimum atomic E-state index is -0.0175. The minimum Gasteiger partial charge on any atom is -0.393 e. The van der Waals surface area contributed by atoms with Crippen LogP contribution >= 0.6 is 12.2 Å². The van der Waals surface area contributed by atoms with E-state index in [4.69, 9.17) is 18.0 Å². The Morgan fingerprint density at radius 1 is 1.39 bits per heavy atom. The average Bonchev–Trinajstić information content (AvgIpc) is 2.29. The minimum absolute atomic E-state index is 0.0175. The highest BCUT2D eigenvalue weighted by Gasteiger charge is 2.23. The molecule has 0 radical (unpaired) electrons. The molecule has 0 aromatic carbocycles. The lowest BCUT2D eigenvalue weighted by Gasteiger charge is -2.33. The second kappa shape index (κ2) is 6.83. The molecule has 0 aliphatic carbocycles. The van der Waals surface area contributed by atoms with Crippen molar-refractivity contribution in [2.45, 2.75) is 33.1 Å². The molecule has 1 aliphatic heterocycles. The SMILES string of the molecule is CN1CCC(CN(C)CCC(C)(C)C(N)=S)CC1. The van der Waals surface area contributed by atoms with Crippen molar-refractivity contribution in [3.05, 3.63) is 0 Å². The number of nitrogens with zero attached hydrogens (tertiary/aromatic N) is 2. The van der Waals surface area contributed by atoms with Crippen molar-refractivity contribution in [3.63, 3.8) is 0 Å². The fourth-order valence-corrected chi connectivity index (χ4v) is 2.47. The van der Waals surface area contributed by atoms with Crippen LogP contribution in [0.4, 0.5) is 0 Å². The van der Waals surface area contributed by atoms with Crippen LogP contribution in [-0.4, -0.2) is 55.1 Å². The Hall–Kier alpha value is -0.190. The predicted octanol–water partition coefficient (Wildman–Crippen LogP) is 1.96. The highest BCUT2D eigenvalue weighted by Crippen LogP contribution is 2.22. The monoisotopic (exact) mass is 271 g/mol. The molecule has 0 atom stereocenters. The largest absolute Gasteiger partial charge is 0.393 e. The molecular weight excluding hydrogens is 242 g/mol. The van der Waals surface area contributed by atoms with E-state index in [2.05, 4.69) is 37.7 Å². The zero-order chi connectivity index (χ0) is 13.8. The van der Waals surface area contributed by atoms with Gasteiger partial charge in [-0.25, -0.2) is 0 Å². The molecular formula is C14H29N3S. The van der Waals surface area contributed by atoms with Gasteiger partial charge in [-0.2, -0.15) is 0 Å². The van der Waals surface area contributed by atoms with Gasteiger partial charge in [-0.05, 0) is 58.9 Å². The van der Waals surface area contributed by atoms with Crippen LogP contribution in [0.5, 0.6) is 0 Å². The van der Waals surface area contributed by atoms with Crippen LogP contribution in [0.2, 0.25) is 0 Å².